The van der Waals surface area contributed by atoms with E-state index in [1.807, 2.05) is 18.2 Å². The van der Waals surface area contributed by atoms with Crippen LogP contribution in [0.1, 0.15) is 0 Å². The van der Waals surface area contributed by atoms with Gasteiger partial charge in [0.2, 0.25) is 0 Å². The number of halogens is 1. The van der Waals surface area contributed by atoms with E-state index in [1.54, 1.807) is 7.11 Å². The van der Waals surface area contributed by atoms with E-state index in [4.69, 9.17) is 4.74 Å². The number of aromatic nitrogens is 1. The van der Waals surface area contributed by atoms with Crippen LogP contribution in [0.5, 0.6) is 0 Å². The maximum Gasteiger partial charge on any atom is 0.130 e. The third-order valence-corrected chi connectivity index (χ3v) is 2.65. The van der Waals surface area contributed by atoms with Crippen LogP contribution in [0, 0.1) is 0 Å². The normalized spacial score (nSPS) is 17.2. The fourth-order valence-electron chi connectivity index (χ4n) is 1.35. The maximum atomic E-state index is 5.19. The van der Waals surface area contributed by atoms with Crippen LogP contribution >= 0.6 is 15.9 Å². The van der Waals surface area contributed by atoms with E-state index in [1.165, 1.54) is 0 Å². The molecule has 1 aliphatic heterocycles. The van der Waals surface area contributed by atoms with Crippen molar-refractivity contribution in [2.45, 2.75) is 6.10 Å². The number of ether oxygens (including phenoxy) is 1. The third-order valence-electron chi connectivity index (χ3n) is 2.21. The summed E-state index contributed by atoms with van der Waals surface area (Å²) in [5.74, 6) is 1.02. The van der Waals surface area contributed by atoms with Crippen molar-refractivity contribution in [1.82, 2.24) is 4.98 Å². The second-order valence-corrected chi connectivity index (χ2v) is 3.89. The highest BCUT2D eigenvalue weighted by atomic mass is 79.9. The van der Waals surface area contributed by atoms with Gasteiger partial charge in [-0.1, -0.05) is 6.07 Å². The van der Waals surface area contributed by atoms with E-state index < -0.39 is 0 Å². The van der Waals surface area contributed by atoms with Crippen LogP contribution in [-0.4, -0.2) is 31.3 Å². The molecule has 13 heavy (non-hydrogen) atoms. The molecule has 3 nitrogen and oxygen atoms in total. The Bertz CT molecular complexity index is 299. The molecular weight excluding hydrogens is 232 g/mol. The molecule has 1 aromatic heterocycles. The summed E-state index contributed by atoms with van der Waals surface area (Å²) in [5, 5.41) is 0. The van der Waals surface area contributed by atoms with Crippen molar-refractivity contribution in [2.24, 2.45) is 0 Å². The van der Waals surface area contributed by atoms with E-state index in [-0.39, 0.29) is 0 Å². The fourth-order valence-corrected chi connectivity index (χ4v) is 1.68. The molecule has 4 heteroatoms. The molecule has 0 saturated carbocycles. The van der Waals surface area contributed by atoms with Gasteiger partial charge in [-0.05, 0) is 28.1 Å². The Morgan fingerprint density at radius 3 is 2.92 bits per heavy atom. The highest BCUT2D eigenvalue weighted by Gasteiger charge is 2.27. The van der Waals surface area contributed by atoms with Gasteiger partial charge in [0.05, 0.1) is 6.10 Å². The number of rotatable bonds is 2. The SMILES string of the molecule is COC1CN(c2cccc(Br)n2)C1. The Balaban J connectivity index is 2.03. The molecule has 0 bridgehead atoms. The molecule has 0 atom stereocenters. The molecule has 0 N–H and O–H groups in total. The van der Waals surface area contributed by atoms with E-state index in [0.717, 1.165) is 23.5 Å². The Kier molecular flexibility index (Phi) is 2.51. The first kappa shape index (κ1) is 8.97. The Morgan fingerprint density at radius 1 is 1.54 bits per heavy atom. The highest BCUT2D eigenvalue weighted by Crippen LogP contribution is 2.21. The average Bonchev–Trinajstić information content (AvgIpc) is 2.02. The Hall–Kier alpha value is -0.610. The molecule has 0 aromatic carbocycles. The molecule has 0 spiro atoms. The largest absolute Gasteiger partial charge is 0.378 e. The van der Waals surface area contributed by atoms with Crippen molar-refractivity contribution >= 4 is 21.7 Å². The lowest BCUT2D eigenvalue weighted by atomic mass is 10.1. The quantitative estimate of drug-likeness (QED) is 0.739. The topological polar surface area (TPSA) is 25.4 Å². The van der Waals surface area contributed by atoms with Crippen LogP contribution in [-0.2, 0) is 4.74 Å². The molecule has 1 fully saturated rings. The molecule has 1 saturated heterocycles. The smallest absolute Gasteiger partial charge is 0.130 e. The van der Waals surface area contributed by atoms with Crippen LogP contribution in [0.15, 0.2) is 22.8 Å². The predicted octanol–water partition coefficient (Wildman–Crippen LogP) is 1.68. The maximum absolute atomic E-state index is 5.19. The molecule has 2 rings (SSSR count). The van der Waals surface area contributed by atoms with Gasteiger partial charge in [0.1, 0.15) is 10.4 Å². The fraction of sp³-hybridized carbons (Fsp3) is 0.444. The van der Waals surface area contributed by atoms with Crippen molar-refractivity contribution in [2.75, 3.05) is 25.1 Å². The molecule has 2 heterocycles. The first-order valence-corrected chi connectivity index (χ1v) is 4.99. The van der Waals surface area contributed by atoms with Gasteiger partial charge in [-0.3, -0.25) is 0 Å². The molecule has 1 aliphatic rings. The zero-order chi connectivity index (χ0) is 9.26. The van der Waals surface area contributed by atoms with E-state index in [2.05, 4.69) is 25.8 Å². The van der Waals surface area contributed by atoms with Crippen LogP contribution in [0.3, 0.4) is 0 Å². The minimum absolute atomic E-state index is 0.376. The highest BCUT2D eigenvalue weighted by molar-refractivity contribution is 9.10. The van der Waals surface area contributed by atoms with Gasteiger partial charge >= 0.3 is 0 Å². The molecule has 0 aliphatic carbocycles. The number of hydrogen-bond donors (Lipinski definition) is 0. The lowest BCUT2D eigenvalue weighted by Gasteiger charge is -2.38. The standard InChI is InChI=1S/C9H11BrN2O/c1-13-7-5-12(6-7)9-4-2-3-8(10)11-9/h2-4,7H,5-6H2,1H3. The molecule has 0 radical (unpaired) electrons. The summed E-state index contributed by atoms with van der Waals surface area (Å²) < 4.78 is 6.07. The molecule has 70 valence electrons. The summed E-state index contributed by atoms with van der Waals surface area (Å²) in [5.41, 5.74) is 0. The summed E-state index contributed by atoms with van der Waals surface area (Å²) in [6, 6.07) is 5.93. The minimum atomic E-state index is 0.376. The van der Waals surface area contributed by atoms with Crippen molar-refractivity contribution in [3.05, 3.63) is 22.8 Å². The monoisotopic (exact) mass is 242 g/mol. The number of methoxy groups -OCH3 is 1. The lowest BCUT2D eigenvalue weighted by Crippen LogP contribution is -2.52. The van der Waals surface area contributed by atoms with Gasteiger partial charge in [-0.2, -0.15) is 0 Å². The van der Waals surface area contributed by atoms with Crippen molar-refractivity contribution in [1.29, 1.82) is 0 Å². The van der Waals surface area contributed by atoms with Crippen LogP contribution in [0.2, 0.25) is 0 Å². The summed E-state index contributed by atoms with van der Waals surface area (Å²) in [6.07, 6.45) is 0.376. The van der Waals surface area contributed by atoms with Gasteiger partial charge in [0, 0.05) is 20.2 Å². The summed E-state index contributed by atoms with van der Waals surface area (Å²) in [4.78, 5) is 6.54. The van der Waals surface area contributed by atoms with Crippen LogP contribution in [0.4, 0.5) is 5.82 Å². The number of pyridine rings is 1. The average molecular weight is 243 g/mol. The van der Waals surface area contributed by atoms with Gasteiger partial charge in [-0.25, -0.2) is 4.98 Å². The van der Waals surface area contributed by atoms with E-state index in [0.29, 0.717) is 6.10 Å². The summed E-state index contributed by atoms with van der Waals surface area (Å²) in [6.45, 7) is 1.89. The van der Waals surface area contributed by atoms with Crippen molar-refractivity contribution < 1.29 is 4.74 Å². The Labute approximate surface area is 85.8 Å². The van der Waals surface area contributed by atoms with Gasteiger partial charge in [0.15, 0.2) is 0 Å². The molecule has 1 aromatic rings. The van der Waals surface area contributed by atoms with E-state index >= 15 is 0 Å². The van der Waals surface area contributed by atoms with Gasteiger partial charge in [0.25, 0.3) is 0 Å². The minimum Gasteiger partial charge on any atom is -0.378 e. The molecular formula is C9H11BrN2O. The van der Waals surface area contributed by atoms with E-state index in [9.17, 15) is 0 Å². The van der Waals surface area contributed by atoms with Crippen molar-refractivity contribution in [3.8, 4) is 0 Å². The second-order valence-electron chi connectivity index (χ2n) is 3.08. The first-order valence-electron chi connectivity index (χ1n) is 4.20. The molecule has 0 unspecified atom stereocenters. The predicted molar refractivity (Wildman–Crippen MR) is 54.9 cm³/mol. The number of anilines is 1. The zero-order valence-corrected chi connectivity index (χ0v) is 8.99. The lowest BCUT2D eigenvalue weighted by molar-refractivity contribution is 0.0783. The van der Waals surface area contributed by atoms with Crippen molar-refractivity contribution in [3.63, 3.8) is 0 Å². The number of hydrogen-bond acceptors (Lipinski definition) is 3. The zero-order valence-electron chi connectivity index (χ0n) is 7.40. The summed E-state index contributed by atoms with van der Waals surface area (Å²) in [7, 11) is 1.75. The second kappa shape index (κ2) is 3.64. The van der Waals surface area contributed by atoms with Crippen LogP contribution in [0.25, 0.3) is 0 Å². The Morgan fingerprint density at radius 2 is 2.31 bits per heavy atom. The first-order chi connectivity index (χ1) is 6.29. The van der Waals surface area contributed by atoms with Gasteiger partial charge < -0.3 is 9.64 Å². The summed E-state index contributed by atoms with van der Waals surface area (Å²) >= 11 is 3.35. The van der Waals surface area contributed by atoms with Crippen LogP contribution < -0.4 is 4.90 Å². The third kappa shape index (κ3) is 1.84. The molecule has 0 amide bonds. The van der Waals surface area contributed by atoms with Gasteiger partial charge in [-0.15, -0.1) is 0 Å². The number of nitrogens with zero attached hydrogens (tertiary/aromatic N) is 2.